The van der Waals surface area contributed by atoms with Gasteiger partial charge >= 0.3 is 5.97 Å². The highest BCUT2D eigenvalue weighted by molar-refractivity contribution is 5.71. The lowest BCUT2D eigenvalue weighted by Crippen LogP contribution is -2.25. The molecule has 2 atom stereocenters. The summed E-state index contributed by atoms with van der Waals surface area (Å²) in [4.78, 5) is 11.1. The van der Waals surface area contributed by atoms with E-state index in [4.69, 9.17) is 10.5 Å². The van der Waals surface area contributed by atoms with Gasteiger partial charge < -0.3 is 10.5 Å². The molecule has 0 aliphatic rings. The number of aryl methyl sites for hydroxylation is 1. The lowest BCUT2D eigenvalue weighted by molar-refractivity contribution is -0.147. The number of halogens is 1. The predicted molar refractivity (Wildman–Crippen MR) is 64.2 cm³/mol. The first-order chi connectivity index (χ1) is 7.95. The number of carbonyl (C=O) groups excluding carboxylic acids is 1. The van der Waals surface area contributed by atoms with E-state index in [1.807, 2.05) is 13.8 Å². The molecule has 94 valence electrons. The van der Waals surface area contributed by atoms with Gasteiger partial charge in [0.1, 0.15) is 11.9 Å². The minimum atomic E-state index is -0.427. The van der Waals surface area contributed by atoms with Crippen LogP contribution in [-0.2, 0) is 9.53 Å². The van der Waals surface area contributed by atoms with Crippen LogP contribution in [0.25, 0.3) is 0 Å². The van der Waals surface area contributed by atoms with Gasteiger partial charge in [-0.3, -0.25) is 4.79 Å². The summed E-state index contributed by atoms with van der Waals surface area (Å²) in [5.41, 5.74) is 7.02. The summed E-state index contributed by atoms with van der Waals surface area (Å²) in [6.07, 6.45) is -0.282. The van der Waals surface area contributed by atoms with Crippen molar-refractivity contribution >= 4 is 5.97 Å². The molecule has 0 spiro atoms. The van der Waals surface area contributed by atoms with Crippen LogP contribution in [0.2, 0.25) is 0 Å². The summed E-state index contributed by atoms with van der Waals surface area (Å²) in [7, 11) is 0. The van der Waals surface area contributed by atoms with Gasteiger partial charge in [0.25, 0.3) is 0 Å². The Bertz CT molecular complexity index is 406. The van der Waals surface area contributed by atoms with Gasteiger partial charge in [0, 0.05) is 5.92 Å². The van der Waals surface area contributed by atoms with E-state index in [2.05, 4.69) is 0 Å². The maximum absolute atomic E-state index is 13.0. The van der Waals surface area contributed by atoms with Crippen LogP contribution in [0.15, 0.2) is 18.2 Å². The molecule has 0 heterocycles. The van der Waals surface area contributed by atoms with Crippen LogP contribution in [-0.4, -0.2) is 18.6 Å². The quantitative estimate of drug-likeness (QED) is 0.819. The summed E-state index contributed by atoms with van der Waals surface area (Å²) >= 11 is 0. The van der Waals surface area contributed by atoms with Crippen molar-refractivity contribution < 1.29 is 13.9 Å². The molecule has 4 heteroatoms. The lowest BCUT2D eigenvalue weighted by Gasteiger charge is -2.22. The zero-order valence-corrected chi connectivity index (χ0v) is 10.4. The Hall–Kier alpha value is -1.42. The number of hydrogen-bond donors (Lipinski definition) is 1. The Kier molecular flexibility index (Phi) is 4.63. The van der Waals surface area contributed by atoms with Crippen molar-refractivity contribution in [1.82, 2.24) is 0 Å². The van der Waals surface area contributed by atoms with E-state index in [1.165, 1.54) is 12.1 Å². The Morgan fingerprint density at radius 1 is 1.47 bits per heavy atom. The summed E-state index contributed by atoms with van der Waals surface area (Å²) in [5.74, 6) is -0.680. The molecule has 0 aliphatic heterocycles. The van der Waals surface area contributed by atoms with Crippen LogP contribution in [0.4, 0.5) is 4.39 Å². The minimum absolute atomic E-state index is 0.00565. The molecule has 2 N–H and O–H groups in total. The van der Waals surface area contributed by atoms with Crippen molar-refractivity contribution in [1.29, 1.82) is 0 Å². The second kappa shape index (κ2) is 5.77. The third-order valence-corrected chi connectivity index (χ3v) is 2.91. The van der Waals surface area contributed by atoms with Gasteiger partial charge in [-0.05, 0) is 37.1 Å². The number of ether oxygens (including phenoxy) is 1. The topological polar surface area (TPSA) is 52.3 Å². The van der Waals surface area contributed by atoms with E-state index in [0.717, 1.165) is 11.1 Å². The summed E-state index contributed by atoms with van der Waals surface area (Å²) in [6.45, 7) is 5.46. The van der Waals surface area contributed by atoms with Crippen molar-refractivity contribution in [2.24, 2.45) is 5.73 Å². The highest BCUT2D eigenvalue weighted by atomic mass is 19.1. The third kappa shape index (κ3) is 3.53. The maximum Gasteiger partial charge on any atom is 0.319 e. The van der Waals surface area contributed by atoms with Crippen LogP contribution in [0, 0.1) is 12.7 Å². The van der Waals surface area contributed by atoms with Crippen molar-refractivity contribution in [3.05, 3.63) is 35.1 Å². The van der Waals surface area contributed by atoms with Crippen LogP contribution < -0.4 is 5.73 Å². The van der Waals surface area contributed by atoms with Crippen molar-refractivity contribution in [2.45, 2.75) is 32.8 Å². The van der Waals surface area contributed by atoms with Gasteiger partial charge in [-0.25, -0.2) is 4.39 Å². The normalized spacial score (nSPS) is 14.2. The third-order valence-electron chi connectivity index (χ3n) is 2.91. The van der Waals surface area contributed by atoms with Crippen molar-refractivity contribution in [3.63, 3.8) is 0 Å². The molecule has 0 aliphatic carbocycles. The van der Waals surface area contributed by atoms with Gasteiger partial charge in [0.15, 0.2) is 0 Å². The van der Waals surface area contributed by atoms with Gasteiger partial charge in [-0.2, -0.15) is 0 Å². The molecule has 0 radical (unpaired) electrons. The predicted octanol–water partition coefficient (Wildman–Crippen LogP) is 2.13. The average Bonchev–Trinajstić information content (AvgIpc) is 2.28. The molecule has 1 aromatic carbocycles. The second-order valence-electron chi connectivity index (χ2n) is 4.19. The Morgan fingerprint density at radius 2 is 2.12 bits per heavy atom. The number of carbonyl (C=O) groups is 1. The first-order valence-corrected chi connectivity index (χ1v) is 5.61. The number of esters is 1. The fourth-order valence-corrected chi connectivity index (χ4v) is 1.76. The van der Waals surface area contributed by atoms with E-state index in [9.17, 15) is 9.18 Å². The van der Waals surface area contributed by atoms with Gasteiger partial charge in [-0.1, -0.05) is 13.0 Å². The zero-order valence-electron chi connectivity index (χ0n) is 10.4. The second-order valence-corrected chi connectivity index (χ2v) is 4.19. The number of benzene rings is 1. The van der Waals surface area contributed by atoms with Gasteiger partial charge in [0.2, 0.25) is 0 Å². The van der Waals surface area contributed by atoms with E-state index < -0.39 is 5.97 Å². The van der Waals surface area contributed by atoms with Gasteiger partial charge in [-0.15, -0.1) is 0 Å². The smallest absolute Gasteiger partial charge is 0.319 e. The molecule has 0 aromatic heterocycles. The van der Waals surface area contributed by atoms with E-state index >= 15 is 0 Å². The van der Waals surface area contributed by atoms with E-state index in [0.29, 0.717) is 0 Å². The van der Waals surface area contributed by atoms with E-state index in [1.54, 1.807) is 13.0 Å². The Balaban J connectivity index is 2.81. The summed E-state index contributed by atoms with van der Waals surface area (Å²) in [5, 5.41) is 0. The van der Waals surface area contributed by atoms with Crippen molar-refractivity contribution in [2.75, 3.05) is 6.54 Å². The standard InChI is InChI=1S/C13H18FNO2/c1-8-6-11(14)4-5-12(8)9(2)10(3)17-13(16)7-15/h4-6,9-10H,7,15H2,1-3H3/t9-,10-/m0/s1. The molecule has 0 bridgehead atoms. The highest BCUT2D eigenvalue weighted by Gasteiger charge is 2.19. The van der Waals surface area contributed by atoms with Crippen LogP contribution in [0.3, 0.4) is 0 Å². The molecule has 1 aromatic rings. The molecule has 0 saturated carbocycles. The van der Waals surface area contributed by atoms with E-state index in [-0.39, 0.29) is 24.4 Å². The van der Waals surface area contributed by atoms with Crippen LogP contribution >= 0.6 is 0 Å². The minimum Gasteiger partial charge on any atom is -0.461 e. The molecule has 1 rings (SSSR count). The maximum atomic E-state index is 13.0. The molecule has 0 saturated heterocycles. The molecule has 3 nitrogen and oxygen atoms in total. The monoisotopic (exact) mass is 239 g/mol. The first-order valence-electron chi connectivity index (χ1n) is 5.61. The average molecular weight is 239 g/mol. The molecule has 0 fully saturated rings. The Labute approximate surface area is 101 Å². The fraction of sp³-hybridized carbons (Fsp3) is 0.462. The van der Waals surface area contributed by atoms with Gasteiger partial charge in [0.05, 0.1) is 6.54 Å². The molecule has 0 amide bonds. The molecule has 0 unspecified atom stereocenters. The first kappa shape index (κ1) is 13.6. The summed E-state index contributed by atoms with van der Waals surface area (Å²) < 4.78 is 18.1. The molecular formula is C13H18FNO2. The van der Waals surface area contributed by atoms with Crippen LogP contribution in [0.5, 0.6) is 0 Å². The number of nitrogens with two attached hydrogens (primary N) is 1. The highest BCUT2D eigenvalue weighted by Crippen LogP contribution is 2.25. The molecule has 17 heavy (non-hydrogen) atoms. The number of rotatable bonds is 4. The van der Waals surface area contributed by atoms with Crippen molar-refractivity contribution in [3.8, 4) is 0 Å². The number of hydrogen-bond acceptors (Lipinski definition) is 3. The molecular weight excluding hydrogens is 221 g/mol. The van der Waals surface area contributed by atoms with Crippen LogP contribution in [0.1, 0.15) is 30.9 Å². The largest absolute Gasteiger partial charge is 0.461 e. The summed E-state index contributed by atoms with van der Waals surface area (Å²) in [6, 6.07) is 4.61. The lowest BCUT2D eigenvalue weighted by atomic mass is 9.92. The zero-order chi connectivity index (χ0) is 13.0. The SMILES string of the molecule is Cc1cc(F)ccc1[C@@H](C)[C@H](C)OC(=O)CN. The fourth-order valence-electron chi connectivity index (χ4n) is 1.76. The Morgan fingerprint density at radius 3 is 2.65 bits per heavy atom.